The van der Waals surface area contributed by atoms with Gasteiger partial charge in [0.05, 0.1) is 26.9 Å². The summed E-state index contributed by atoms with van der Waals surface area (Å²) < 4.78 is 1.88. The molecule has 1 amide bonds. The Morgan fingerprint density at radius 1 is 1.88 bits per heavy atom. The molecular formula is C3H6I2NOP. The van der Waals surface area contributed by atoms with Crippen LogP contribution < -0.4 is 0 Å². The number of hydrogen-bond acceptors (Lipinski definition) is 1. The van der Waals surface area contributed by atoms with Crippen molar-refractivity contribution in [3.05, 3.63) is 0 Å². The van der Waals surface area contributed by atoms with Crippen molar-refractivity contribution >= 4 is 60.3 Å². The van der Waals surface area contributed by atoms with E-state index in [0.29, 0.717) is 0 Å². The van der Waals surface area contributed by atoms with Gasteiger partial charge in [0.2, 0.25) is 5.65 Å². The summed E-state index contributed by atoms with van der Waals surface area (Å²) in [5.74, 6) is 0. The number of halogens is 2. The molecule has 0 fully saturated rings. The van der Waals surface area contributed by atoms with Crippen LogP contribution >= 0.6 is 54.7 Å². The average Bonchev–Trinajstić information content (AvgIpc) is 1.64. The van der Waals surface area contributed by atoms with Crippen LogP contribution in [-0.4, -0.2) is 12.8 Å². The lowest BCUT2D eigenvalue weighted by Gasteiger charge is -2.13. The maximum absolute atomic E-state index is 10.5. The fourth-order valence-corrected chi connectivity index (χ4v) is 0.977. The van der Waals surface area contributed by atoms with E-state index in [9.17, 15) is 4.79 Å². The normalized spacial score (nSPS) is 13.0. The molecule has 2 atom stereocenters. The number of rotatable bonds is 1. The van der Waals surface area contributed by atoms with Crippen LogP contribution in [0.2, 0.25) is 0 Å². The van der Waals surface area contributed by atoms with Crippen LogP contribution in [0, 0.1) is 0 Å². The Labute approximate surface area is 78.6 Å². The highest BCUT2D eigenvalue weighted by molar-refractivity contribution is 14.1. The van der Waals surface area contributed by atoms with E-state index in [2.05, 4.69) is 31.8 Å². The molecule has 0 aromatic heterocycles. The van der Waals surface area contributed by atoms with Crippen molar-refractivity contribution in [1.82, 2.24) is 3.11 Å². The predicted octanol–water partition coefficient (Wildman–Crippen LogP) is 2.41. The van der Waals surface area contributed by atoms with Gasteiger partial charge < -0.3 is 0 Å². The lowest BCUT2D eigenvalue weighted by Crippen LogP contribution is -2.18. The van der Waals surface area contributed by atoms with Crippen molar-refractivity contribution in [3.63, 3.8) is 0 Å². The third-order valence-electron chi connectivity index (χ3n) is 0.523. The molecule has 0 aliphatic heterocycles. The molecule has 5 heteroatoms. The van der Waals surface area contributed by atoms with Gasteiger partial charge in [-0.2, -0.15) is 0 Å². The molecule has 0 rings (SSSR count). The monoisotopic (exact) mass is 357 g/mol. The third-order valence-corrected chi connectivity index (χ3v) is 4.26. The van der Waals surface area contributed by atoms with Gasteiger partial charge in [-0.25, -0.2) is 0 Å². The summed E-state index contributed by atoms with van der Waals surface area (Å²) in [6, 6.07) is 0. The van der Waals surface area contributed by atoms with E-state index in [1.165, 1.54) is 0 Å². The first-order valence-electron chi connectivity index (χ1n) is 1.94. The van der Waals surface area contributed by atoms with E-state index in [4.69, 9.17) is 0 Å². The Bertz CT molecular complexity index is 97.3. The Morgan fingerprint density at radius 3 is 2.25 bits per heavy atom. The Kier molecular flexibility index (Phi) is 4.94. The molecule has 48 valence electrons. The SMILES string of the molecule is CC(I)N(I)C(=O)P. The van der Waals surface area contributed by atoms with Crippen LogP contribution in [0.4, 0.5) is 4.79 Å². The summed E-state index contributed by atoms with van der Waals surface area (Å²) in [6.45, 7) is 1.95. The first-order chi connectivity index (χ1) is 3.55. The Morgan fingerprint density at radius 2 is 2.25 bits per heavy atom. The van der Waals surface area contributed by atoms with Gasteiger partial charge in [-0.3, -0.25) is 7.91 Å². The molecule has 0 aromatic carbocycles. The summed E-state index contributed by atoms with van der Waals surface area (Å²) in [5.41, 5.74) is 0.0208. The minimum atomic E-state index is 0.0208. The smallest absolute Gasteiger partial charge is 0.246 e. The summed E-state index contributed by atoms with van der Waals surface area (Å²) in [4.78, 5) is 10.5. The minimum Gasteiger partial charge on any atom is -0.269 e. The van der Waals surface area contributed by atoms with Gasteiger partial charge in [0.1, 0.15) is 0 Å². The van der Waals surface area contributed by atoms with Crippen LogP contribution in [0.25, 0.3) is 0 Å². The Hall–Kier alpha value is 1.36. The lowest BCUT2D eigenvalue weighted by molar-refractivity contribution is 0.251. The molecule has 0 aliphatic rings. The molecule has 0 radical (unpaired) electrons. The van der Waals surface area contributed by atoms with Crippen LogP contribution in [0.5, 0.6) is 0 Å². The number of amides is 1. The summed E-state index contributed by atoms with van der Waals surface area (Å²) >= 11 is 4.14. The minimum absolute atomic E-state index is 0.0208. The number of nitrogens with zero attached hydrogens (tertiary/aromatic N) is 1. The molecule has 0 aromatic rings. The standard InChI is InChI=1S/C3H6I2NOP/c1-2(4)6(5)3(7)8/h2H,8H2,1H3. The van der Waals surface area contributed by atoms with Crippen molar-refractivity contribution in [3.8, 4) is 0 Å². The zero-order valence-electron chi connectivity index (χ0n) is 4.27. The first kappa shape index (κ1) is 9.36. The van der Waals surface area contributed by atoms with Gasteiger partial charge in [-0.1, -0.05) is 22.6 Å². The molecule has 0 aliphatic carbocycles. The second kappa shape index (κ2) is 4.22. The number of alkyl halides is 1. The quantitative estimate of drug-likeness (QED) is 0.232. The van der Waals surface area contributed by atoms with E-state index < -0.39 is 0 Å². The topological polar surface area (TPSA) is 20.3 Å². The van der Waals surface area contributed by atoms with Gasteiger partial charge in [0.15, 0.2) is 0 Å². The second-order valence-corrected chi connectivity index (χ2v) is 4.56. The molecule has 2 unspecified atom stereocenters. The largest absolute Gasteiger partial charge is 0.269 e. The maximum Gasteiger partial charge on any atom is 0.246 e. The summed E-state index contributed by atoms with van der Waals surface area (Å²) in [6.07, 6.45) is 0. The zero-order valence-corrected chi connectivity index (χ0v) is 9.74. The fourth-order valence-electron chi connectivity index (χ4n) is 0.175. The van der Waals surface area contributed by atoms with Gasteiger partial charge in [-0.05, 0) is 16.2 Å². The number of carbonyl (C=O) groups excluding carboxylic acids is 1. The van der Waals surface area contributed by atoms with Crippen LogP contribution in [0.1, 0.15) is 6.92 Å². The van der Waals surface area contributed by atoms with Gasteiger partial charge in [0.25, 0.3) is 0 Å². The molecule has 0 N–H and O–H groups in total. The summed E-state index contributed by atoms with van der Waals surface area (Å²) in [5, 5.41) is 0. The number of carbonyl (C=O) groups is 1. The number of hydrogen-bond donors (Lipinski definition) is 0. The summed E-state index contributed by atoms with van der Waals surface area (Å²) in [7, 11) is 2.12. The van der Waals surface area contributed by atoms with Crippen LogP contribution in [-0.2, 0) is 0 Å². The molecular weight excluding hydrogens is 351 g/mol. The van der Waals surface area contributed by atoms with Crippen molar-refractivity contribution in [2.45, 2.75) is 11.0 Å². The van der Waals surface area contributed by atoms with Crippen molar-refractivity contribution in [1.29, 1.82) is 0 Å². The van der Waals surface area contributed by atoms with Gasteiger partial charge in [-0.15, -0.1) is 0 Å². The molecule has 0 heterocycles. The van der Waals surface area contributed by atoms with Crippen molar-refractivity contribution < 1.29 is 4.79 Å². The van der Waals surface area contributed by atoms with Crippen LogP contribution in [0.15, 0.2) is 0 Å². The molecule has 0 spiro atoms. The second-order valence-electron chi connectivity index (χ2n) is 1.22. The van der Waals surface area contributed by atoms with E-state index >= 15 is 0 Å². The van der Waals surface area contributed by atoms with Crippen LogP contribution in [0.3, 0.4) is 0 Å². The highest BCUT2D eigenvalue weighted by atomic mass is 127. The molecule has 2 nitrogen and oxygen atoms in total. The van der Waals surface area contributed by atoms with E-state index in [-0.39, 0.29) is 9.70 Å². The molecule has 0 saturated heterocycles. The molecule has 0 saturated carbocycles. The van der Waals surface area contributed by atoms with Gasteiger partial charge >= 0.3 is 0 Å². The van der Waals surface area contributed by atoms with Crippen molar-refractivity contribution in [2.24, 2.45) is 0 Å². The average molecular weight is 357 g/mol. The maximum atomic E-state index is 10.5. The fraction of sp³-hybridized carbons (Fsp3) is 0.667. The first-order valence-corrected chi connectivity index (χ1v) is 4.73. The highest BCUT2D eigenvalue weighted by Crippen LogP contribution is 2.15. The van der Waals surface area contributed by atoms with Crippen molar-refractivity contribution in [2.75, 3.05) is 0 Å². The zero-order chi connectivity index (χ0) is 6.73. The third kappa shape index (κ3) is 3.40. The molecule has 0 bridgehead atoms. The van der Waals surface area contributed by atoms with E-state index in [1.54, 1.807) is 3.11 Å². The predicted molar refractivity (Wildman–Crippen MR) is 54.4 cm³/mol. The molecule has 8 heavy (non-hydrogen) atoms. The Balaban J connectivity index is 3.64. The highest BCUT2D eigenvalue weighted by Gasteiger charge is 2.08. The van der Waals surface area contributed by atoms with E-state index in [1.807, 2.05) is 29.8 Å². The lowest BCUT2D eigenvalue weighted by atomic mass is 10.8. The van der Waals surface area contributed by atoms with Gasteiger partial charge in [0, 0.05) is 0 Å². The van der Waals surface area contributed by atoms with E-state index in [0.717, 1.165) is 0 Å².